The Bertz CT molecular complexity index is 821. The van der Waals surface area contributed by atoms with Crippen LogP contribution >= 0.6 is 0 Å². The van der Waals surface area contributed by atoms with Crippen molar-refractivity contribution in [2.45, 2.75) is 32.9 Å². The maximum atomic E-state index is 12.7. The monoisotopic (exact) mass is 398 g/mol. The molecule has 0 saturated carbocycles. The Morgan fingerprint density at radius 1 is 1.00 bits per heavy atom. The Morgan fingerprint density at radius 2 is 1.66 bits per heavy atom. The van der Waals surface area contributed by atoms with Gasteiger partial charge in [0, 0.05) is 5.69 Å². The Kier molecular flexibility index (Phi) is 8.21. The largest absolute Gasteiger partial charge is 0.465 e. The molecule has 0 unspecified atom stereocenters. The molecule has 2 atom stereocenters. The van der Waals surface area contributed by atoms with Gasteiger partial charge in [-0.15, -0.1) is 0 Å². The predicted octanol–water partition coefficient (Wildman–Crippen LogP) is 3.75. The van der Waals surface area contributed by atoms with E-state index in [2.05, 4.69) is 15.4 Å². The molecular weight excluding hydrogens is 372 g/mol. The van der Waals surface area contributed by atoms with Crippen molar-refractivity contribution < 1.29 is 23.9 Å². The number of alkyl carbamates (subject to hydrolysis) is 1. The SMILES string of the molecule is CC[C@H](C)[C@H](NC(=O)OCc1ccccc1)C(=O)Nc1ccc(C(=O)OC)cc1. The summed E-state index contributed by atoms with van der Waals surface area (Å²) >= 11 is 0. The molecule has 0 saturated heterocycles. The number of nitrogens with one attached hydrogen (secondary N) is 2. The molecule has 0 fully saturated rings. The molecule has 0 aliphatic rings. The number of carbonyl (C=O) groups is 3. The Balaban J connectivity index is 1.98. The number of ether oxygens (including phenoxy) is 2. The van der Waals surface area contributed by atoms with Crippen LogP contribution in [0.4, 0.5) is 10.5 Å². The van der Waals surface area contributed by atoms with Crippen LogP contribution in [0.5, 0.6) is 0 Å². The number of benzene rings is 2. The number of rotatable bonds is 8. The maximum Gasteiger partial charge on any atom is 0.408 e. The van der Waals surface area contributed by atoms with E-state index in [1.165, 1.54) is 7.11 Å². The van der Waals surface area contributed by atoms with Gasteiger partial charge in [-0.05, 0) is 35.7 Å². The van der Waals surface area contributed by atoms with Gasteiger partial charge in [0.25, 0.3) is 0 Å². The third-order valence-corrected chi connectivity index (χ3v) is 4.56. The molecule has 7 heteroatoms. The second-order valence-electron chi connectivity index (χ2n) is 6.63. The van der Waals surface area contributed by atoms with Crippen LogP contribution in [0.25, 0.3) is 0 Å². The third-order valence-electron chi connectivity index (χ3n) is 4.56. The Morgan fingerprint density at radius 3 is 2.24 bits per heavy atom. The maximum absolute atomic E-state index is 12.7. The molecule has 0 aliphatic carbocycles. The summed E-state index contributed by atoms with van der Waals surface area (Å²) in [4.78, 5) is 36.4. The number of amides is 2. The van der Waals surface area contributed by atoms with Crippen LogP contribution < -0.4 is 10.6 Å². The van der Waals surface area contributed by atoms with E-state index >= 15 is 0 Å². The topological polar surface area (TPSA) is 93.7 Å². The molecular formula is C22H26N2O5. The summed E-state index contributed by atoms with van der Waals surface area (Å²) < 4.78 is 9.88. The molecule has 2 amide bonds. The van der Waals surface area contributed by atoms with E-state index in [4.69, 9.17) is 4.74 Å². The highest BCUT2D eigenvalue weighted by Crippen LogP contribution is 2.14. The van der Waals surface area contributed by atoms with Gasteiger partial charge in [0.1, 0.15) is 12.6 Å². The highest BCUT2D eigenvalue weighted by Gasteiger charge is 2.26. The van der Waals surface area contributed by atoms with Crippen LogP contribution in [0.15, 0.2) is 54.6 Å². The van der Waals surface area contributed by atoms with Crippen LogP contribution in [0.3, 0.4) is 0 Å². The highest BCUT2D eigenvalue weighted by molar-refractivity contribution is 5.97. The first-order chi connectivity index (χ1) is 13.9. The summed E-state index contributed by atoms with van der Waals surface area (Å²) in [7, 11) is 1.30. The highest BCUT2D eigenvalue weighted by atomic mass is 16.5. The molecule has 0 spiro atoms. The quantitative estimate of drug-likeness (QED) is 0.661. The molecule has 2 N–H and O–H groups in total. The Hall–Kier alpha value is -3.35. The van der Waals surface area contributed by atoms with Crippen LogP contribution in [0.1, 0.15) is 36.2 Å². The van der Waals surface area contributed by atoms with Crippen molar-refractivity contribution in [1.29, 1.82) is 0 Å². The number of esters is 1. The zero-order valence-electron chi connectivity index (χ0n) is 16.8. The second kappa shape index (κ2) is 10.8. The molecule has 154 valence electrons. The number of hydrogen-bond acceptors (Lipinski definition) is 5. The van der Waals surface area contributed by atoms with Crippen LogP contribution in [-0.2, 0) is 20.9 Å². The van der Waals surface area contributed by atoms with Gasteiger partial charge in [-0.1, -0.05) is 50.6 Å². The van der Waals surface area contributed by atoms with Gasteiger partial charge < -0.3 is 20.1 Å². The van der Waals surface area contributed by atoms with Crippen molar-refractivity contribution >= 4 is 23.7 Å². The zero-order chi connectivity index (χ0) is 21.2. The predicted molar refractivity (Wildman–Crippen MR) is 109 cm³/mol. The fourth-order valence-corrected chi connectivity index (χ4v) is 2.62. The van der Waals surface area contributed by atoms with Crippen molar-refractivity contribution in [2.24, 2.45) is 5.92 Å². The molecule has 2 aromatic carbocycles. The lowest BCUT2D eigenvalue weighted by atomic mass is 9.98. The average Bonchev–Trinajstić information content (AvgIpc) is 2.76. The summed E-state index contributed by atoms with van der Waals surface area (Å²) in [5.74, 6) is -0.918. The van der Waals surface area contributed by atoms with Gasteiger partial charge in [-0.25, -0.2) is 9.59 Å². The Labute approximate surface area is 170 Å². The molecule has 7 nitrogen and oxygen atoms in total. The first-order valence-corrected chi connectivity index (χ1v) is 9.41. The summed E-state index contributed by atoms with van der Waals surface area (Å²) in [6.07, 6.45) is 0.0357. The lowest BCUT2D eigenvalue weighted by Crippen LogP contribution is -2.47. The second-order valence-corrected chi connectivity index (χ2v) is 6.63. The molecule has 0 radical (unpaired) electrons. The molecule has 0 heterocycles. The van der Waals surface area contributed by atoms with E-state index < -0.39 is 18.1 Å². The van der Waals surface area contributed by atoms with E-state index in [-0.39, 0.29) is 18.4 Å². The van der Waals surface area contributed by atoms with E-state index in [0.29, 0.717) is 17.7 Å². The van der Waals surface area contributed by atoms with Crippen LogP contribution in [0.2, 0.25) is 0 Å². The zero-order valence-corrected chi connectivity index (χ0v) is 16.8. The summed E-state index contributed by atoms with van der Waals surface area (Å²) in [6.45, 7) is 3.94. The minimum Gasteiger partial charge on any atom is -0.465 e. The fourth-order valence-electron chi connectivity index (χ4n) is 2.62. The van der Waals surface area contributed by atoms with E-state index in [0.717, 1.165) is 5.56 Å². The lowest BCUT2D eigenvalue weighted by Gasteiger charge is -2.23. The lowest BCUT2D eigenvalue weighted by molar-refractivity contribution is -0.119. The molecule has 0 aromatic heterocycles. The standard InChI is InChI=1S/C22H26N2O5/c1-4-15(2)19(24-22(27)29-14-16-8-6-5-7-9-16)20(25)23-18-12-10-17(11-13-18)21(26)28-3/h5-13,15,19H,4,14H2,1-3H3,(H,23,25)(H,24,27)/t15-,19-/m0/s1. The van der Waals surface area contributed by atoms with Gasteiger partial charge in [0.05, 0.1) is 12.7 Å². The summed E-state index contributed by atoms with van der Waals surface area (Å²) in [5.41, 5.74) is 1.75. The summed E-state index contributed by atoms with van der Waals surface area (Å²) in [5, 5.41) is 5.41. The molecule has 0 aliphatic heterocycles. The van der Waals surface area contributed by atoms with E-state index in [1.54, 1.807) is 24.3 Å². The van der Waals surface area contributed by atoms with E-state index in [1.807, 2.05) is 44.2 Å². The number of hydrogen-bond donors (Lipinski definition) is 2. The number of carbonyl (C=O) groups excluding carboxylic acids is 3. The van der Waals surface area contributed by atoms with Crippen molar-refractivity contribution in [3.63, 3.8) is 0 Å². The smallest absolute Gasteiger partial charge is 0.408 e. The number of methoxy groups -OCH3 is 1. The first-order valence-electron chi connectivity index (χ1n) is 9.41. The van der Waals surface area contributed by atoms with Gasteiger partial charge in [-0.3, -0.25) is 4.79 Å². The van der Waals surface area contributed by atoms with Crippen LogP contribution in [0, 0.1) is 5.92 Å². The third kappa shape index (κ3) is 6.64. The molecule has 0 bridgehead atoms. The normalized spacial score (nSPS) is 12.4. The minimum absolute atomic E-state index is 0.103. The van der Waals surface area contributed by atoms with Crippen LogP contribution in [-0.4, -0.2) is 31.1 Å². The van der Waals surface area contributed by atoms with Gasteiger partial charge in [0.2, 0.25) is 5.91 Å². The van der Waals surface area contributed by atoms with Crippen molar-refractivity contribution in [1.82, 2.24) is 5.32 Å². The molecule has 2 aromatic rings. The fraction of sp³-hybridized carbons (Fsp3) is 0.318. The van der Waals surface area contributed by atoms with Crippen molar-refractivity contribution in [3.8, 4) is 0 Å². The van der Waals surface area contributed by atoms with E-state index in [9.17, 15) is 14.4 Å². The van der Waals surface area contributed by atoms with Gasteiger partial charge >= 0.3 is 12.1 Å². The van der Waals surface area contributed by atoms with Crippen molar-refractivity contribution in [2.75, 3.05) is 12.4 Å². The number of anilines is 1. The van der Waals surface area contributed by atoms with Gasteiger partial charge in [0.15, 0.2) is 0 Å². The first kappa shape index (κ1) is 21.9. The van der Waals surface area contributed by atoms with Gasteiger partial charge in [-0.2, -0.15) is 0 Å². The molecule has 29 heavy (non-hydrogen) atoms. The average molecular weight is 398 g/mol. The minimum atomic E-state index is -0.761. The summed E-state index contributed by atoms with van der Waals surface area (Å²) in [6, 6.07) is 14.9. The van der Waals surface area contributed by atoms with Crippen molar-refractivity contribution in [3.05, 3.63) is 65.7 Å². The molecule has 2 rings (SSSR count).